The molecule has 7 nitrogen and oxygen atoms in total. The standard InChI is InChI=1S/C18H24N4O3/c1-24-11-5-9-20-18(23)15-12-22-17(13-21-15)19-10-8-14-6-3-4-7-16(14)25-2/h3-4,6-7,12-13H,5,8-11H2,1-2H3,(H,19,22)(H,20,23). The van der Waals surface area contributed by atoms with Crippen molar-refractivity contribution in [3.63, 3.8) is 0 Å². The first-order valence-corrected chi connectivity index (χ1v) is 8.19. The first-order chi connectivity index (χ1) is 12.2. The number of carbonyl (C=O) groups is 1. The molecule has 0 saturated carbocycles. The molecule has 1 heterocycles. The lowest BCUT2D eigenvalue weighted by molar-refractivity contribution is 0.0943. The quantitative estimate of drug-likeness (QED) is 0.641. The van der Waals surface area contributed by atoms with Gasteiger partial charge in [-0.1, -0.05) is 18.2 Å². The van der Waals surface area contributed by atoms with E-state index in [0.29, 0.717) is 31.2 Å². The molecule has 0 unspecified atom stereocenters. The third-order valence-electron chi connectivity index (χ3n) is 3.59. The molecule has 0 saturated heterocycles. The summed E-state index contributed by atoms with van der Waals surface area (Å²) < 4.78 is 10.3. The summed E-state index contributed by atoms with van der Waals surface area (Å²) in [7, 11) is 3.30. The number of rotatable bonds is 10. The zero-order valence-corrected chi connectivity index (χ0v) is 14.6. The highest BCUT2D eigenvalue weighted by Crippen LogP contribution is 2.17. The van der Waals surface area contributed by atoms with E-state index in [9.17, 15) is 4.79 Å². The van der Waals surface area contributed by atoms with Gasteiger partial charge in [0.25, 0.3) is 5.91 Å². The van der Waals surface area contributed by atoms with Gasteiger partial charge in [-0.05, 0) is 24.5 Å². The zero-order chi connectivity index (χ0) is 17.9. The van der Waals surface area contributed by atoms with Crippen LogP contribution in [-0.2, 0) is 11.2 Å². The molecule has 0 aliphatic rings. The van der Waals surface area contributed by atoms with Crippen molar-refractivity contribution in [3.05, 3.63) is 47.9 Å². The summed E-state index contributed by atoms with van der Waals surface area (Å²) in [5.41, 5.74) is 1.42. The van der Waals surface area contributed by atoms with Crippen LogP contribution in [0.4, 0.5) is 5.82 Å². The number of aromatic nitrogens is 2. The Balaban J connectivity index is 1.79. The van der Waals surface area contributed by atoms with Crippen molar-refractivity contribution in [1.82, 2.24) is 15.3 Å². The molecule has 25 heavy (non-hydrogen) atoms. The van der Waals surface area contributed by atoms with Crippen molar-refractivity contribution >= 4 is 11.7 Å². The lowest BCUT2D eigenvalue weighted by Crippen LogP contribution is -2.26. The lowest BCUT2D eigenvalue weighted by Gasteiger charge is -2.09. The molecule has 0 spiro atoms. The van der Waals surface area contributed by atoms with Crippen LogP contribution in [-0.4, -0.2) is 49.8 Å². The van der Waals surface area contributed by atoms with Gasteiger partial charge in [-0.25, -0.2) is 9.97 Å². The number of nitrogens with zero attached hydrogens (tertiary/aromatic N) is 2. The number of benzene rings is 1. The number of para-hydroxylation sites is 1. The van der Waals surface area contributed by atoms with Gasteiger partial charge in [-0.3, -0.25) is 4.79 Å². The Labute approximate surface area is 147 Å². The largest absolute Gasteiger partial charge is 0.496 e. The maximum atomic E-state index is 11.9. The van der Waals surface area contributed by atoms with Gasteiger partial charge in [0.2, 0.25) is 0 Å². The fourth-order valence-electron chi connectivity index (χ4n) is 2.28. The van der Waals surface area contributed by atoms with E-state index in [1.54, 1.807) is 20.4 Å². The highest BCUT2D eigenvalue weighted by molar-refractivity contribution is 5.91. The Morgan fingerprint density at radius 1 is 1.12 bits per heavy atom. The number of anilines is 1. The predicted octanol–water partition coefficient (Wildman–Crippen LogP) is 1.91. The van der Waals surface area contributed by atoms with E-state index in [0.717, 1.165) is 24.2 Å². The highest BCUT2D eigenvalue weighted by Gasteiger charge is 2.07. The van der Waals surface area contributed by atoms with E-state index in [-0.39, 0.29) is 5.91 Å². The molecule has 0 bridgehead atoms. The number of nitrogens with one attached hydrogen (secondary N) is 2. The molecule has 134 valence electrons. The smallest absolute Gasteiger partial charge is 0.271 e. The average Bonchev–Trinajstić information content (AvgIpc) is 2.66. The second kappa shape index (κ2) is 10.2. The average molecular weight is 344 g/mol. The monoisotopic (exact) mass is 344 g/mol. The fourth-order valence-corrected chi connectivity index (χ4v) is 2.28. The van der Waals surface area contributed by atoms with Crippen LogP contribution in [0.3, 0.4) is 0 Å². The third kappa shape index (κ3) is 6.04. The molecule has 0 aliphatic carbocycles. The number of amides is 1. The maximum Gasteiger partial charge on any atom is 0.271 e. The normalized spacial score (nSPS) is 10.3. The molecule has 2 aromatic rings. The van der Waals surface area contributed by atoms with Gasteiger partial charge in [0.05, 0.1) is 19.5 Å². The van der Waals surface area contributed by atoms with Crippen LogP contribution in [0.1, 0.15) is 22.5 Å². The van der Waals surface area contributed by atoms with E-state index in [4.69, 9.17) is 9.47 Å². The summed E-state index contributed by atoms with van der Waals surface area (Å²) in [5, 5.41) is 5.97. The molecular formula is C18H24N4O3. The van der Waals surface area contributed by atoms with E-state index >= 15 is 0 Å². The first kappa shape index (κ1) is 18.7. The van der Waals surface area contributed by atoms with Crippen LogP contribution in [0.15, 0.2) is 36.7 Å². The molecule has 1 aromatic carbocycles. The molecule has 1 amide bonds. The van der Waals surface area contributed by atoms with Crippen molar-refractivity contribution in [1.29, 1.82) is 0 Å². The summed E-state index contributed by atoms with van der Waals surface area (Å²) in [4.78, 5) is 20.3. The number of carbonyl (C=O) groups excluding carboxylic acids is 1. The molecule has 1 aromatic heterocycles. The number of hydrogen-bond acceptors (Lipinski definition) is 6. The molecule has 0 fully saturated rings. The fraction of sp³-hybridized carbons (Fsp3) is 0.389. The van der Waals surface area contributed by atoms with Crippen LogP contribution >= 0.6 is 0 Å². The van der Waals surface area contributed by atoms with Gasteiger partial charge in [0, 0.05) is 26.8 Å². The van der Waals surface area contributed by atoms with Gasteiger partial charge in [-0.15, -0.1) is 0 Å². The van der Waals surface area contributed by atoms with E-state index in [1.165, 1.54) is 6.20 Å². The minimum atomic E-state index is -0.232. The number of methoxy groups -OCH3 is 2. The van der Waals surface area contributed by atoms with Gasteiger partial charge < -0.3 is 20.1 Å². The summed E-state index contributed by atoms with van der Waals surface area (Å²) >= 11 is 0. The molecule has 0 radical (unpaired) electrons. The Morgan fingerprint density at radius 3 is 2.68 bits per heavy atom. The van der Waals surface area contributed by atoms with Gasteiger partial charge in [0.1, 0.15) is 17.3 Å². The van der Waals surface area contributed by atoms with Crippen molar-refractivity contribution in [2.75, 3.05) is 39.2 Å². The Bertz CT molecular complexity index is 662. The van der Waals surface area contributed by atoms with Crippen LogP contribution in [0, 0.1) is 0 Å². The lowest BCUT2D eigenvalue weighted by atomic mass is 10.1. The Morgan fingerprint density at radius 2 is 1.96 bits per heavy atom. The van der Waals surface area contributed by atoms with E-state index < -0.39 is 0 Å². The summed E-state index contributed by atoms with van der Waals surface area (Å²) in [6.45, 7) is 1.85. The van der Waals surface area contributed by atoms with Crippen LogP contribution in [0.5, 0.6) is 5.75 Å². The molecule has 0 atom stereocenters. The van der Waals surface area contributed by atoms with Crippen molar-refractivity contribution in [3.8, 4) is 5.75 Å². The molecule has 7 heteroatoms. The van der Waals surface area contributed by atoms with Crippen molar-refractivity contribution in [2.45, 2.75) is 12.8 Å². The number of ether oxygens (including phenoxy) is 2. The van der Waals surface area contributed by atoms with Crippen LogP contribution < -0.4 is 15.4 Å². The highest BCUT2D eigenvalue weighted by atomic mass is 16.5. The summed E-state index contributed by atoms with van der Waals surface area (Å²) in [6, 6.07) is 7.90. The second-order valence-corrected chi connectivity index (χ2v) is 5.38. The van der Waals surface area contributed by atoms with E-state index in [1.807, 2.05) is 24.3 Å². The second-order valence-electron chi connectivity index (χ2n) is 5.38. The van der Waals surface area contributed by atoms with Crippen LogP contribution in [0.2, 0.25) is 0 Å². The zero-order valence-electron chi connectivity index (χ0n) is 14.6. The Kier molecular flexibility index (Phi) is 7.65. The number of hydrogen-bond donors (Lipinski definition) is 2. The summed E-state index contributed by atoms with van der Waals surface area (Å²) in [6.07, 6.45) is 4.59. The third-order valence-corrected chi connectivity index (χ3v) is 3.59. The van der Waals surface area contributed by atoms with Gasteiger partial charge >= 0.3 is 0 Å². The maximum absolute atomic E-state index is 11.9. The van der Waals surface area contributed by atoms with E-state index in [2.05, 4.69) is 20.6 Å². The van der Waals surface area contributed by atoms with Crippen molar-refractivity contribution < 1.29 is 14.3 Å². The van der Waals surface area contributed by atoms with Gasteiger partial charge in [-0.2, -0.15) is 0 Å². The van der Waals surface area contributed by atoms with Crippen molar-refractivity contribution in [2.24, 2.45) is 0 Å². The SMILES string of the molecule is COCCCNC(=O)c1cnc(NCCc2ccccc2OC)cn1. The van der Waals surface area contributed by atoms with Crippen LogP contribution in [0.25, 0.3) is 0 Å². The summed E-state index contributed by atoms with van der Waals surface area (Å²) in [5.74, 6) is 1.27. The molecule has 0 aliphatic heterocycles. The minimum Gasteiger partial charge on any atom is -0.496 e. The predicted molar refractivity (Wildman–Crippen MR) is 96.0 cm³/mol. The topological polar surface area (TPSA) is 85.4 Å². The van der Waals surface area contributed by atoms with Gasteiger partial charge in [0.15, 0.2) is 0 Å². The first-order valence-electron chi connectivity index (χ1n) is 8.19. The Hall–Kier alpha value is -2.67. The molecular weight excluding hydrogens is 320 g/mol. The molecule has 2 rings (SSSR count). The minimum absolute atomic E-state index is 0.232. The molecule has 2 N–H and O–H groups in total.